The van der Waals surface area contributed by atoms with Crippen molar-refractivity contribution in [2.75, 3.05) is 10.6 Å². The Morgan fingerprint density at radius 1 is 1.25 bits per heavy atom. The van der Waals surface area contributed by atoms with Crippen LogP contribution in [-0.2, 0) is 6.54 Å². The minimum atomic E-state index is 0.305. The molecule has 1 aliphatic carbocycles. The van der Waals surface area contributed by atoms with Crippen molar-refractivity contribution in [3.05, 3.63) is 42.0 Å². The third-order valence-corrected chi connectivity index (χ3v) is 3.96. The lowest BCUT2D eigenvalue weighted by Gasteiger charge is -2.13. The largest absolute Gasteiger partial charge is 0.376 e. The van der Waals surface area contributed by atoms with E-state index in [2.05, 4.69) is 44.8 Å². The number of anilines is 2. The van der Waals surface area contributed by atoms with E-state index in [1.54, 1.807) is 6.20 Å². The van der Waals surface area contributed by atoms with Crippen LogP contribution in [0.25, 0.3) is 5.65 Å². The summed E-state index contributed by atoms with van der Waals surface area (Å²) in [6, 6.07) is 8.20. The van der Waals surface area contributed by atoms with E-state index >= 15 is 0 Å². The van der Waals surface area contributed by atoms with E-state index in [-0.39, 0.29) is 0 Å². The number of pyridine rings is 1. The zero-order valence-corrected chi connectivity index (χ0v) is 13.9. The Morgan fingerprint density at radius 2 is 2.12 bits per heavy atom. The zero-order chi connectivity index (χ0) is 16.5. The smallest absolute Gasteiger partial charge is 0.201 e. The van der Waals surface area contributed by atoms with Gasteiger partial charge in [-0.1, -0.05) is 6.07 Å². The monoisotopic (exact) mass is 323 g/mol. The van der Waals surface area contributed by atoms with Gasteiger partial charge >= 0.3 is 0 Å². The summed E-state index contributed by atoms with van der Waals surface area (Å²) in [7, 11) is 0. The number of hydrogen-bond donors (Lipinski definition) is 2. The summed E-state index contributed by atoms with van der Waals surface area (Å²) in [5.41, 5.74) is 2.66. The van der Waals surface area contributed by atoms with E-state index in [1.165, 1.54) is 12.8 Å². The molecule has 3 aromatic heterocycles. The van der Waals surface area contributed by atoms with Gasteiger partial charge in [0.1, 0.15) is 5.82 Å². The molecule has 0 bridgehead atoms. The Morgan fingerprint density at radius 3 is 2.83 bits per heavy atom. The first kappa shape index (κ1) is 14.9. The van der Waals surface area contributed by atoms with E-state index in [4.69, 9.17) is 0 Å². The summed E-state index contributed by atoms with van der Waals surface area (Å²) in [5, 5.41) is 20.2. The van der Waals surface area contributed by atoms with Crippen molar-refractivity contribution >= 4 is 17.2 Å². The molecule has 7 heteroatoms. The van der Waals surface area contributed by atoms with Crippen molar-refractivity contribution < 1.29 is 0 Å². The van der Waals surface area contributed by atoms with Crippen molar-refractivity contribution in [1.29, 1.82) is 0 Å². The number of hydrogen-bond acceptors (Lipinski definition) is 6. The van der Waals surface area contributed by atoms with Crippen molar-refractivity contribution in [2.45, 2.75) is 45.2 Å². The lowest BCUT2D eigenvalue weighted by molar-refractivity contribution is 0.801. The van der Waals surface area contributed by atoms with Crippen molar-refractivity contribution in [3.63, 3.8) is 0 Å². The summed E-state index contributed by atoms with van der Waals surface area (Å²) < 4.78 is 1.88. The van der Waals surface area contributed by atoms with E-state index < -0.39 is 0 Å². The molecule has 0 spiro atoms. The van der Waals surface area contributed by atoms with E-state index in [0.29, 0.717) is 18.5 Å². The summed E-state index contributed by atoms with van der Waals surface area (Å²) in [6.45, 7) is 4.83. The van der Waals surface area contributed by atoms with Gasteiger partial charge in [0.25, 0.3) is 0 Å². The highest BCUT2D eigenvalue weighted by Gasteiger charge is 2.30. The van der Waals surface area contributed by atoms with Crippen LogP contribution in [0.3, 0.4) is 0 Å². The number of rotatable bonds is 6. The highest BCUT2D eigenvalue weighted by Crippen LogP contribution is 2.39. The van der Waals surface area contributed by atoms with Crippen LogP contribution in [0.5, 0.6) is 0 Å². The van der Waals surface area contributed by atoms with Gasteiger partial charge in [-0.3, -0.25) is 4.98 Å². The van der Waals surface area contributed by atoms with Crippen LogP contribution in [0.4, 0.5) is 11.5 Å². The fourth-order valence-electron chi connectivity index (χ4n) is 2.68. The molecule has 3 aromatic rings. The van der Waals surface area contributed by atoms with Crippen LogP contribution >= 0.6 is 0 Å². The molecule has 0 amide bonds. The van der Waals surface area contributed by atoms with Gasteiger partial charge in [-0.25, -0.2) is 0 Å². The number of nitrogens with one attached hydrogen (secondary N) is 2. The van der Waals surface area contributed by atoms with Crippen LogP contribution in [0.1, 0.15) is 44.1 Å². The summed E-state index contributed by atoms with van der Waals surface area (Å²) >= 11 is 0. The predicted octanol–water partition coefficient (Wildman–Crippen LogP) is 2.83. The highest BCUT2D eigenvalue weighted by atomic mass is 15.4. The van der Waals surface area contributed by atoms with Gasteiger partial charge in [0.05, 0.1) is 17.9 Å². The Bertz CT molecular complexity index is 837. The lowest BCUT2D eigenvalue weighted by Crippen LogP contribution is -2.14. The molecule has 24 heavy (non-hydrogen) atoms. The van der Waals surface area contributed by atoms with Crippen molar-refractivity contribution in [2.24, 2.45) is 0 Å². The molecule has 4 rings (SSSR count). The Kier molecular flexibility index (Phi) is 3.76. The second-order valence-corrected chi connectivity index (χ2v) is 6.48. The third-order valence-electron chi connectivity index (χ3n) is 3.96. The molecule has 0 aromatic carbocycles. The van der Waals surface area contributed by atoms with Crippen molar-refractivity contribution in [1.82, 2.24) is 24.8 Å². The number of aromatic nitrogens is 5. The van der Waals surface area contributed by atoms with Crippen LogP contribution in [0, 0.1) is 0 Å². The van der Waals surface area contributed by atoms with Gasteiger partial charge in [0.15, 0.2) is 5.82 Å². The maximum absolute atomic E-state index is 4.68. The molecule has 0 aliphatic heterocycles. The Labute approximate surface area is 140 Å². The lowest BCUT2D eigenvalue weighted by atomic mass is 10.3. The fourth-order valence-corrected chi connectivity index (χ4v) is 2.68. The SMILES string of the molecule is CC(C)Nc1cc(NCc2ccccn2)c2nnc(C3CC3)n2n1. The summed E-state index contributed by atoms with van der Waals surface area (Å²) in [5.74, 6) is 2.27. The normalized spacial score (nSPS) is 14.3. The van der Waals surface area contributed by atoms with Crippen molar-refractivity contribution in [3.8, 4) is 0 Å². The van der Waals surface area contributed by atoms with Crippen LogP contribution < -0.4 is 10.6 Å². The first-order valence-electron chi connectivity index (χ1n) is 8.37. The second kappa shape index (κ2) is 6.07. The molecule has 124 valence electrons. The number of fused-ring (bicyclic) bond motifs is 1. The first-order valence-corrected chi connectivity index (χ1v) is 8.37. The minimum Gasteiger partial charge on any atom is -0.376 e. The maximum atomic E-state index is 4.68. The fraction of sp³-hybridized carbons (Fsp3) is 0.412. The van der Waals surface area contributed by atoms with Gasteiger partial charge in [-0.2, -0.15) is 4.52 Å². The molecule has 3 heterocycles. The zero-order valence-electron chi connectivity index (χ0n) is 13.9. The molecule has 1 aliphatic rings. The summed E-state index contributed by atoms with van der Waals surface area (Å²) in [4.78, 5) is 4.35. The van der Waals surface area contributed by atoms with Gasteiger partial charge < -0.3 is 10.6 Å². The molecule has 1 fully saturated rings. The average molecular weight is 323 g/mol. The van der Waals surface area contributed by atoms with Crippen LogP contribution in [-0.4, -0.2) is 30.8 Å². The molecular weight excluding hydrogens is 302 g/mol. The highest BCUT2D eigenvalue weighted by molar-refractivity contribution is 5.70. The molecule has 7 nitrogen and oxygen atoms in total. The standard InChI is InChI=1S/C17H21N7/c1-11(2)20-15-9-14(19-10-13-5-3-4-8-18-13)17-22-21-16(12-6-7-12)24(17)23-15/h3-5,8-9,11-12,19H,6-7,10H2,1-2H3,(H,20,23). The molecule has 0 saturated heterocycles. The number of nitrogens with zero attached hydrogens (tertiary/aromatic N) is 5. The van der Waals surface area contributed by atoms with Gasteiger partial charge in [-0.05, 0) is 38.8 Å². The average Bonchev–Trinajstić information content (AvgIpc) is 3.33. The molecular formula is C17H21N7. The molecule has 0 atom stereocenters. The Hall–Kier alpha value is -2.70. The first-order chi connectivity index (χ1) is 11.7. The van der Waals surface area contributed by atoms with E-state index in [0.717, 1.165) is 28.7 Å². The van der Waals surface area contributed by atoms with Gasteiger partial charge in [0, 0.05) is 24.2 Å². The third kappa shape index (κ3) is 3.02. The van der Waals surface area contributed by atoms with E-state index in [1.807, 2.05) is 28.8 Å². The molecule has 0 unspecified atom stereocenters. The molecule has 1 saturated carbocycles. The van der Waals surface area contributed by atoms with Crippen LogP contribution in [0.2, 0.25) is 0 Å². The predicted molar refractivity (Wildman–Crippen MR) is 93.1 cm³/mol. The minimum absolute atomic E-state index is 0.305. The van der Waals surface area contributed by atoms with Gasteiger partial charge in [-0.15, -0.1) is 15.3 Å². The maximum Gasteiger partial charge on any atom is 0.201 e. The molecule has 2 N–H and O–H groups in total. The quantitative estimate of drug-likeness (QED) is 0.726. The van der Waals surface area contributed by atoms with Crippen LogP contribution in [0.15, 0.2) is 30.5 Å². The molecule has 0 radical (unpaired) electrons. The topological polar surface area (TPSA) is 80.0 Å². The summed E-state index contributed by atoms with van der Waals surface area (Å²) in [6.07, 6.45) is 4.13. The van der Waals surface area contributed by atoms with E-state index in [9.17, 15) is 0 Å². The Balaban J connectivity index is 1.69. The second-order valence-electron chi connectivity index (χ2n) is 6.48. The van der Waals surface area contributed by atoms with Gasteiger partial charge in [0.2, 0.25) is 5.65 Å².